The molecule has 12 heavy (non-hydrogen) atoms. The highest BCUT2D eigenvalue weighted by molar-refractivity contribution is 5.74. The van der Waals surface area contributed by atoms with Gasteiger partial charge in [-0.2, -0.15) is 0 Å². The molecule has 0 amide bonds. The predicted molar refractivity (Wildman–Crippen MR) is 41.6 cm³/mol. The van der Waals surface area contributed by atoms with Crippen molar-refractivity contribution in [1.29, 1.82) is 0 Å². The van der Waals surface area contributed by atoms with Crippen LogP contribution in [-0.2, 0) is 9.53 Å². The summed E-state index contributed by atoms with van der Waals surface area (Å²) in [4.78, 5) is 10.6. The Morgan fingerprint density at radius 3 is 3.17 bits per heavy atom. The number of nitrogens with one attached hydrogen (secondary N) is 1. The standard InChI is InChI=1S/C8H11NO3/c1-8-4-5(7(10)11)9-6(8)2-3-12-8/h2-3,5-6,9H,4H2,1H3,(H,10,11). The first-order valence-corrected chi connectivity index (χ1v) is 3.95. The number of rotatable bonds is 1. The Labute approximate surface area is 70.2 Å². The zero-order chi connectivity index (χ0) is 8.77. The number of fused-ring (bicyclic) bond motifs is 1. The van der Waals surface area contributed by atoms with Gasteiger partial charge in [-0.15, -0.1) is 0 Å². The molecule has 0 saturated carbocycles. The summed E-state index contributed by atoms with van der Waals surface area (Å²) >= 11 is 0. The summed E-state index contributed by atoms with van der Waals surface area (Å²) in [5.41, 5.74) is -0.344. The van der Waals surface area contributed by atoms with E-state index in [1.54, 1.807) is 6.26 Å². The molecule has 0 aromatic rings. The Balaban J connectivity index is 2.15. The normalized spacial score (nSPS) is 44.1. The van der Waals surface area contributed by atoms with Crippen LogP contribution in [0.1, 0.15) is 13.3 Å². The highest BCUT2D eigenvalue weighted by atomic mass is 16.5. The SMILES string of the molecule is CC12CC(C(=O)O)NC1C=CO2. The summed E-state index contributed by atoms with van der Waals surface area (Å²) in [6, 6.07) is -0.413. The number of carbonyl (C=O) groups is 1. The Morgan fingerprint density at radius 2 is 2.58 bits per heavy atom. The van der Waals surface area contributed by atoms with Crippen LogP contribution in [0.2, 0.25) is 0 Å². The molecule has 2 aliphatic rings. The second-order valence-electron chi connectivity index (χ2n) is 3.50. The number of hydrogen-bond acceptors (Lipinski definition) is 3. The van der Waals surface area contributed by atoms with Crippen molar-refractivity contribution in [2.24, 2.45) is 0 Å². The van der Waals surface area contributed by atoms with E-state index in [9.17, 15) is 4.79 Å². The van der Waals surface area contributed by atoms with E-state index in [1.807, 2.05) is 13.0 Å². The number of ether oxygens (including phenoxy) is 1. The molecule has 3 unspecified atom stereocenters. The van der Waals surface area contributed by atoms with Gasteiger partial charge in [-0.3, -0.25) is 10.1 Å². The van der Waals surface area contributed by atoms with Crippen LogP contribution in [0.3, 0.4) is 0 Å². The average Bonchev–Trinajstić information content (AvgIpc) is 2.41. The molecular weight excluding hydrogens is 158 g/mol. The van der Waals surface area contributed by atoms with Crippen LogP contribution < -0.4 is 5.32 Å². The molecule has 0 aromatic carbocycles. The minimum atomic E-state index is -0.803. The summed E-state index contributed by atoms with van der Waals surface area (Å²) in [5.74, 6) is -0.803. The Hall–Kier alpha value is -1.03. The average molecular weight is 169 g/mol. The molecular formula is C8H11NO3. The summed E-state index contributed by atoms with van der Waals surface area (Å²) in [6.45, 7) is 1.92. The molecule has 2 aliphatic heterocycles. The van der Waals surface area contributed by atoms with Crippen LogP contribution in [0.15, 0.2) is 12.3 Å². The Bertz CT molecular complexity index is 251. The molecule has 4 nitrogen and oxygen atoms in total. The molecule has 0 spiro atoms. The van der Waals surface area contributed by atoms with Gasteiger partial charge >= 0.3 is 5.97 Å². The lowest BCUT2D eigenvalue weighted by Crippen LogP contribution is -2.37. The first-order valence-electron chi connectivity index (χ1n) is 3.95. The summed E-state index contributed by atoms with van der Waals surface area (Å²) < 4.78 is 5.34. The van der Waals surface area contributed by atoms with E-state index < -0.39 is 12.0 Å². The minimum absolute atomic E-state index is 0.0543. The molecule has 4 heteroatoms. The van der Waals surface area contributed by atoms with Gasteiger partial charge in [-0.1, -0.05) is 0 Å². The highest BCUT2D eigenvalue weighted by Gasteiger charge is 2.48. The molecule has 2 rings (SSSR count). The van der Waals surface area contributed by atoms with Gasteiger partial charge in [-0.25, -0.2) is 0 Å². The maximum Gasteiger partial charge on any atom is 0.320 e. The lowest BCUT2D eigenvalue weighted by Gasteiger charge is -2.21. The number of carboxylic acids is 1. The van der Waals surface area contributed by atoms with Crippen LogP contribution in [-0.4, -0.2) is 28.8 Å². The number of hydrogen-bond donors (Lipinski definition) is 2. The number of carboxylic acid groups (broad SMARTS) is 1. The van der Waals surface area contributed by atoms with Crippen LogP contribution in [0.25, 0.3) is 0 Å². The van der Waals surface area contributed by atoms with Crippen molar-refractivity contribution in [3.63, 3.8) is 0 Å². The molecule has 66 valence electrons. The molecule has 1 fully saturated rings. The van der Waals surface area contributed by atoms with Crippen LogP contribution in [0, 0.1) is 0 Å². The van der Waals surface area contributed by atoms with Gasteiger partial charge < -0.3 is 9.84 Å². The van der Waals surface area contributed by atoms with Crippen molar-refractivity contribution in [3.8, 4) is 0 Å². The topological polar surface area (TPSA) is 58.6 Å². The quantitative estimate of drug-likeness (QED) is 0.584. The largest absolute Gasteiger partial charge is 0.493 e. The minimum Gasteiger partial charge on any atom is -0.493 e. The molecule has 0 aromatic heterocycles. The van der Waals surface area contributed by atoms with Crippen molar-refractivity contribution in [2.45, 2.75) is 31.0 Å². The van der Waals surface area contributed by atoms with Crippen LogP contribution >= 0.6 is 0 Å². The van der Waals surface area contributed by atoms with Gasteiger partial charge in [-0.05, 0) is 13.0 Å². The van der Waals surface area contributed by atoms with Crippen LogP contribution in [0.4, 0.5) is 0 Å². The summed E-state index contributed by atoms with van der Waals surface area (Å²) in [7, 11) is 0. The van der Waals surface area contributed by atoms with Gasteiger partial charge in [0, 0.05) is 6.42 Å². The third kappa shape index (κ3) is 0.914. The predicted octanol–water partition coefficient (Wildman–Crippen LogP) is 0.104. The van der Waals surface area contributed by atoms with Crippen molar-refractivity contribution < 1.29 is 14.6 Å². The van der Waals surface area contributed by atoms with Crippen LogP contribution in [0.5, 0.6) is 0 Å². The van der Waals surface area contributed by atoms with E-state index in [4.69, 9.17) is 9.84 Å². The van der Waals surface area contributed by atoms with Gasteiger partial charge in [0.05, 0.1) is 12.3 Å². The molecule has 2 N–H and O–H groups in total. The van der Waals surface area contributed by atoms with Crippen molar-refractivity contribution >= 4 is 5.97 Å². The Morgan fingerprint density at radius 1 is 1.83 bits per heavy atom. The number of aliphatic carboxylic acids is 1. The fourth-order valence-corrected chi connectivity index (χ4v) is 1.80. The maximum absolute atomic E-state index is 10.6. The Kier molecular flexibility index (Phi) is 1.41. The first kappa shape index (κ1) is 7.61. The van der Waals surface area contributed by atoms with Gasteiger partial charge in [0.1, 0.15) is 11.6 Å². The molecule has 0 radical (unpaired) electrons. The van der Waals surface area contributed by atoms with Crippen molar-refractivity contribution in [3.05, 3.63) is 12.3 Å². The van der Waals surface area contributed by atoms with Gasteiger partial charge in [0.25, 0.3) is 0 Å². The fraction of sp³-hybridized carbons (Fsp3) is 0.625. The zero-order valence-electron chi connectivity index (χ0n) is 6.78. The van der Waals surface area contributed by atoms with Gasteiger partial charge in [0.15, 0.2) is 0 Å². The second-order valence-corrected chi connectivity index (χ2v) is 3.50. The van der Waals surface area contributed by atoms with E-state index in [1.165, 1.54) is 0 Å². The van der Waals surface area contributed by atoms with Crippen molar-refractivity contribution in [1.82, 2.24) is 5.32 Å². The molecule has 1 saturated heterocycles. The molecule has 2 heterocycles. The summed E-state index contributed by atoms with van der Waals surface area (Å²) in [6.07, 6.45) is 4.03. The summed E-state index contributed by atoms with van der Waals surface area (Å²) in [5, 5.41) is 11.7. The first-order chi connectivity index (χ1) is 5.62. The van der Waals surface area contributed by atoms with E-state index in [-0.39, 0.29) is 11.6 Å². The highest BCUT2D eigenvalue weighted by Crippen LogP contribution is 2.33. The zero-order valence-corrected chi connectivity index (χ0v) is 6.78. The molecule has 3 atom stereocenters. The van der Waals surface area contributed by atoms with E-state index in [0.717, 1.165) is 0 Å². The fourth-order valence-electron chi connectivity index (χ4n) is 1.80. The third-order valence-electron chi connectivity index (χ3n) is 2.55. The van der Waals surface area contributed by atoms with E-state index in [2.05, 4.69) is 5.32 Å². The lowest BCUT2D eigenvalue weighted by molar-refractivity contribution is -0.139. The monoisotopic (exact) mass is 169 g/mol. The smallest absolute Gasteiger partial charge is 0.320 e. The van der Waals surface area contributed by atoms with Gasteiger partial charge in [0.2, 0.25) is 0 Å². The second kappa shape index (κ2) is 2.23. The molecule has 0 bridgehead atoms. The van der Waals surface area contributed by atoms with E-state index >= 15 is 0 Å². The maximum atomic E-state index is 10.6. The third-order valence-corrected chi connectivity index (χ3v) is 2.55. The van der Waals surface area contributed by atoms with E-state index in [0.29, 0.717) is 6.42 Å². The molecule has 0 aliphatic carbocycles. The lowest BCUT2D eigenvalue weighted by atomic mass is 9.97. The van der Waals surface area contributed by atoms with Crippen molar-refractivity contribution in [2.75, 3.05) is 0 Å².